The summed E-state index contributed by atoms with van der Waals surface area (Å²) in [7, 11) is 0. The molecule has 5 aromatic rings. The van der Waals surface area contributed by atoms with Crippen LogP contribution in [0.3, 0.4) is 0 Å². The summed E-state index contributed by atoms with van der Waals surface area (Å²) in [6, 6.07) is 25.5. The summed E-state index contributed by atoms with van der Waals surface area (Å²) in [5, 5.41) is 12.1. The fourth-order valence-corrected chi connectivity index (χ4v) is 5.03. The number of pyridine rings is 1. The number of aromatic nitrogens is 4. The van der Waals surface area contributed by atoms with Crippen LogP contribution >= 0.6 is 0 Å². The van der Waals surface area contributed by atoms with E-state index in [1.165, 1.54) is 0 Å². The Morgan fingerprint density at radius 3 is 2.54 bits per heavy atom. The third-order valence-electron chi connectivity index (χ3n) is 6.96. The minimum atomic E-state index is -0.318. The maximum Gasteiger partial charge on any atom is 0.247 e. The molecule has 0 bridgehead atoms. The second-order valence-electron chi connectivity index (χ2n) is 9.43. The minimum absolute atomic E-state index is 0.0407. The molecule has 0 radical (unpaired) electrons. The smallest absolute Gasteiger partial charge is 0.247 e. The zero-order valence-electron chi connectivity index (χ0n) is 20.7. The van der Waals surface area contributed by atoms with Crippen LogP contribution in [0.2, 0.25) is 0 Å². The topological polar surface area (TPSA) is 75.4 Å². The van der Waals surface area contributed by atoms with Gasteiger partial charge in [-0.1, -0.05) is 54.6 Å². The Hall–Kier alpha value is -4.52. The number of benzene rings is 2. The molecule has 1 N–H and O–H groups in total. The largest absolute Gasteiger partial charge is 0.343 e. The van der Waals surface area contributed by atoms with Gasteiger partial charge in [-0.2, -0.15) is 0 Å². The summed E-state index contributed by atoms with van der Waals surface area (Å²) in [4.78, 5) is 20.5. The van der Waals surface area contributed by atoms with E-state index in [0.717, 1.165) is 71.0 Å². The van der Waals surface area contributed by atoms with Crippen LogP contribution in [-0.4, -0.2) is 38.1 Å². The standard InChI is InChI=1S/C30H28N6O/c1-21-10-9-18-35-20-26(31-29(21)35)23-13-5-6-14-25(23)32-30(37)27-15-7-8-19-36(27)28-17-16-24(33-34-28)22-11-3-2-4-12-22/h2-6,9-14,16-18,20,27H,7-8,15,19H2,1H3,(H,32,37). The van der Waals surface area contributed by atoms with E-state index in [4.69, 9.17) is 4.98 Å². The number of para-hydroxylation sites is 1. The van der Waals surface area contributed by atoms with Gasteiger partial charge in [0.15, 0.2) is 5.82 Å². The summed E-state index contributed by atoms with van der Waals surface area (Å²) in [6.45, 7) is 2.82. The van der Waals surface area contributed by atoms with Crippen molar-refractivity contribution in [3.8, 4) is 22.5 Å². The van der Waals surface area contributed by atoms with Gasteiger partial charge in [0, 0.05) is 30.1 Å². The summed E-state index contributed by atoms with van der Waals surface area (Å²) >= 11 is 0. The lowest BCUT2D eigenvalue weighted by Gasteiger charge is -2.35. The van der Waals surface area contributed by atoms with Crippen LogP contribution in [0.5, 0.6) is 0 Å². The number of anilines is 2. The van der Waals surface area contributed by atoms with Gasteiger partial charge < -0.3 is 14.6 Å². The number of nitrogens with zero attached hydrogens (tertiary/aromatic N) is 5. The van der Waals surface area contributed by atoms with Crippen molar-refractivity contribution in [1.29, 1.82) is 0 Å². The highest BCUT2D eigenvalue weighted by atomic mass is 16.2. The molecule has 1 atom stereocenters. The summed E-state index contributed by atoms with van der Waals surface area (Å²) in [6.07, 6.45) is 6.78. The minimum Gasteiger partial charge on any atom is -0.343 e. The highest BCUT2D eigenvalue weighted by Crippen LogP contribution is 2.30. The van der Waals surface area contributed by atoms with E-state index >= 15 is 0 Å². The fraction of sp³-hybridized carbons (Fsp3) is 0.200. The number of hydrogen-bond donors (Lipinski definition) is 1. The van der Waals surface area contributed by atoms with E-state index in [1.807, 2.05) is 103 Å². The van der Waals surface area contributed by atoms with E-state index in [0.29, 0.717) is 0 Å². The number of rotatable bonds is 5. The third kappa shape index (κ3) is 4.56. The molecule has 4 heterocycles. The molecule has 1 aliphatic heterocycles. The molecule has 0 saturated carbocycles. The number of aryl methyl sites for hydroxylation is 1. The van der Waals surface area contributed by atoms with Gasteiger partial charge in [-0.3, -0.25) is 4.79 Å². The van der Waals surface area contributed by atoms with Gasteiger partial charge in [-0.25, -0.2) is 4.98 Å². The van der Waals surface area contributed by atoms with Crippen molar-refractivity contribution >= 4 is 23.1 Å². The Morgan fingerprint density at radius 2 is 1.73 bits per heavy atom. The van der Waals surface area contributed by atoms with E-state index in [2.05, 4.69) is 20.4 Å². The van der Waals surface area contributed by atoms with Crippen LogP contribution in [0.25, 0.3) is 28.2 Å². The first kappa shape index (κ1) is 22.9. The van der Waals surface area contributed by atoms with Crippen molar-refractivity contribution in [1.82, 2.24) is 19.6 Å². The lowest BCUT2D eigenvalue weighted by Crippen LogP contribution is -2.47. The molecule has 1 fully saturated rings. The maximum absolute atomic E-state index is 13.6. The molecule has 2 aromatic carbocycles. The monoisotopic (exact) mass is 488 g/mol. The second kappa shape index (κ2) is 9.85. The molecular formula is C30H28N6O. The van der Waals surface area contributed by atoms with E-state index in [1.54, 1.807) is 0 Å². The molecular weight excluding hydrogens is 460 g/mol. The zero-order chi connectivity index (χ0) is 25.2. The number of hydrogen-bond acceptors (Lipinski definition) is 5. The quantitative estimate of drug-likeness (QED) is 0.340. The van der Waals surface area contributed by atoms with Crippen molar-refractivity contribution in [3.05, 3.63) is 96.8 Å². The normalized spacial score (nSPS) is 15.6. The van der Waals surface area contributed by atoms with Crippen molar-refractivity contribution in [2.45, 2.75) is 32.2 Å². The van der Waals surface area contributed by atoms with Gasteiger partial charge in [-0.05, 0) is 56.0 Å². The molecule has 1 aliphatic rings. The van der Waals surface area contributed by atoms with Gasteiger partial charge in [-0.15, -0.1) is 10.2 Å². The molecule has 1 saturated heterocycles. The number of amides is 1. The van der Waals surface area contributed by atoms with Gasteiger partial charge in [0.1, 0.15) is 11.7 Å². The van der Waals surface area contributed by atoms with Crippen molar-refractivity contribution in [3.63, 3.8) is 0 Å². The van der Waals surface area contributed by atoms with E-state index in [9.17, 15) is 4.79 Å². The van der Waals surface area contributed by atoms with Crippen LogP contribution in [-0.2, 0) is 4.79 Å². The van der Waals surface area contributed by atoms with Crippen LogP contribution in [0, 0.1) is 6.92 Å². The first-order valence-corrected chi connectivity index (χ1v) is 12.7. The third-order valence-corrected chi connectivity index (χ3v) is 6.96. The van der Waals surface area contributed by atoms with Crippen LogP contribution in [0.1, 0.15) is 24.8 Å². The van der Waals surface area contributed by atoms with Crippen LogP contribution < -0.4 is 10.2 Å². The zero-order valence-corrected chi connectivity index (χ0v) is 20.7. The number of carbonyl (C=O) groups excluding carboxylic acids is 1. The van der Waals surface area contributed by atoms with Crippen molar-refractivity contribution in [2.75, 3.05) is 16.8 Å². The fourth-order valence-electron chi connectivity index (χ4n) is 5.03. The summed E-state index contributed by atoms with van der Waals surface area (Å²) in [5.41, 5.74) is 6.33. The Kier molecular flexibility index (Phi) is 6.10. The van der Waals surface area contributed by atoms with Crippen molar-refractivity contribution < 1.29 is 4.79 Å². The van der Waals surface area contributed by atoms with Gasteiger partial charge in [0.2, 0.25) is 5.91 Å². The van der Waals surface area contributed by atoms with E-state index in [-0.39, 0.29) is 11.9 Å². The summed E-state index contributed by atoms with van der Waals surface area (Å²) < 4.78 is 2.02. The van der Waals surface area contributed by atoms with Crippen molar-refractivity contribution in [2.24, 2.45) is 0 Å². The first-order chi connectivity index (χ1) is 18.2. The Labute approximate surface area is 215 Å². The van der Waals surface area contributed by atoms with Gasteiger partial charge in [0.25, 0.3) is 0 Å². The number of fused-ring (bicyclic) bond motifs is 1. The maximum atomic E-state index is 13.6. The number of carbonyl (C=O) groups is 1. The first-order valence-electron chi connectivity index (χ1n) is 12.7. The average molecular weight is 489 g/mol. The molecule has 6 rings (SSSR count). The number of imidazole rings is 1. The molecule has 7 nitrogen and oxygen atoms in total. The Balaban J connectivity index is 1.25. The Morgan fingerprint density at radius 1 is 0.892 bits per heavy atom. The van der Waals surface area contributed by atoms with Gasteiger partial charge in [0.05, 0.1) is 17.1 Å². The molecule has 37 heavy (non-hydrogen) atoms. The summed E-state index contributed by atoms with van der Waals surface area (Å²) in [5.74, 6) is 0.685. The predicted octanol–water partition coefficient (Wildman–Crippen LogP) is 5.76. The molecule has 7 heteroatoms. The molecule has 0 aliphatic carbocycles. The van der Waals surface area contributed by atoms with Gasteiger partial charge >= 0.3 is 0 Å². The SMILES string of the molecule is Cc1cccn2cc(-c3ccccc3NC(=O)C3CCCCN3c3ccc(-c4ccccc4)nn3)nc12. The number of nitrogens with one attached hydrogen (secondary N) is 1. The predicted molar refractivity (Wildman–Crippen MR) is 146 cm³/mol. The second-order valence-corrected chi connectivity index (χ2v) is 9.43. The van der Waals surface area contributed by atoms with Crippen LogP contribution in [0.4, 0.5) is 11.5 Å². The molecule has 0 spiro atoms. The molecule has 1 unspecified atom stereocenters. The number of piperidine rings is 1. The molecule has 184 valence electrons. The average Bonchev–Trinajstić information content (AvgIpc) is 3.40. The molecule has 1 amide bonds. The lowest BCUT2D eigenvalue weighted by molar-refractivity contribution is -0.117. The van der Waals surface area contributed by atoms with Crippen LogP contribution in [0.15, 0.2) is 91.3 Å². The molecule has 3 aromatic heterocycles. The van der Waals surface area contributed by atoms with E-state index < -0.39 is 0 Å². The highest BCUT2D eigenvalue weighted by molar-refractivity contribution is 6.00. The highest BCUT2D eigenvalue weighted by Gasteiger charge is 2.30. The Bertz CT molecular complexity index is 1540. The lowest BCUT2D eigenvalue weighted by atomic mass is 10.0.